The molecule has 0 heterocycles. The van der Waals surface area contributed by atoms with Gasteiger partial charge in [0.25, 0.3) is 5.91 Å². The average molecular weight is 396 g/mol. The van der Waals surface area contributed by atoms with Crippen LogP contribution in [0.4, 0.5) is 4.39 Å². The number of hydroxylamine groups is 1. The molecule has 0 aliphatic heterocycles. The SMILES string of the molecule is Cc1cc(S(=O)(=O)N(Cc2ccc(C[NH3+])cc2)[C@H](C)C(=O)NO)ccc1F. The van der Waals surface area contributed by atoms with Gasteiger partial charge in [0.2, 0.25) is 10.0 Å². The van der Waals surface area contributed by atoms with E-state index in [1.54, 1.807) is 12.1 Å². The summed E-state index contributed by atoms with van der Waals surface area (Å²) in [6.07, 6.45) is 0. The Labute approximate surface area is 157 Å². The number of sulfonamides is 1. The second-order valence-electron chi connectivity index (χ2n) is 6.18. The lowest BCUT2D eigenvalue weighted by Crippen LogP contribution is -2.47. The summed E-state index contributed by atoms with van der Waals surface area (Å²) in [5.74, 6) is -1.39. The van der Waals surface area contributed by atoms with Crippen LogP contribution >= 0.6 is 0 Å². The molecule has 0 saturated heterocycles. The van der Waals surface area contributed by atoms with Crippen molar-refractivity contribution in [2.75, 3.05) is 0 Å². The number of hydrogen-bond donors (Lipinski definition) is 3. The third-order valence-corrected chi connectivity index (χ3v) is 6.22. The van der Waals surface area contributed by atoms with E-state index in [2.05, 4.69) is 5.73 Å². The molecular formula is C18H23FN3O4S+. The first kappa shape index (κ1) is 21.0. The molecule has 0 aliphatic rings. The molecule has 0 fully saturated rings. The topological polar surface area (TPSA) is 114 Å². The van der Waals surface area contributed by atoms with E-state index in [1.807, 2.05) is 12.1 Å². The van der Waals surface area contributed by atoms with Crippen LogP contribution in [0.15, 0.2) is 47.4 Å². The highest BCUT2D eigenvalue weighted by molar-refractivity contribution is 7.89. The molecule has 1 atom stereocenters. The van der Waals surface area contributed by atoms with Gasteiger partial charge >= 0.3 is 0 Å². The molecule has 0 radical (unpaired) electrons. The first-order chi connectivity index (χ1) is 12.7. The van der Waals surface area contributed by atoms with Gasteiger partial charge in [0.05, 0.1) is 11.4 Å². The fraction of sp³-hybridized carbons (Fsp3) is 0.278. The molecule has 2 aromatic carbocycles. The number of aryl methyl sites for hydroxylation is 1. The summed E-state index contributed by atoms with van der Waals surface area (Å²) in [6, 6.07) is 9.41. The number of carbonyl (C=O) groups is 1. The molecule has 0 aliphatic carbocycles. The molecule has 9 heteroatoms. The minimum Gasteiger partial charge on any atom is -0.354 e. The number of benzene rings is 2. The summed E-state index contributed by atoms with van der Waals surface area (Å²) in [5, 5.41) is 8.93. The molecule has 146 valence electrons. The summed E-state index contributed by atoms with van der Waals surface area (Å²) in [5.41, 5.74) is 7.09. The lowest BCUT2D eigenvalue weighted by atomic mass is 10.1. The van der Waals surface area contributed by atoms with Gasteiger partial charge in [-0.2, -0.15) is 4.31 Å². The average Bonchev–Trinajstić information content (AvgIpc) is 2.67. The Kier molecular flexibility index (Phi) is 6.66. The molecule has 2 rings (SSSR count). The van der Waals surface area contributed by atoms with Crippen molar-refractivity contribution in [1.29, 1.82) is 0 Å². The highest BCUT2D eigenvalue weighted by Gasteiger charge is 2.33. The van der Waals surface area contributed by atoms with Gasteiger partial charge < -0.3 is 5.73 Å². The maximum absolute atomic E-state index is 13.5. The standard InChI is InChI=1S/C18H22FN3O4S/c1-12-9-16(7-8-17(12)19)27(25,26)22(13(2)18(23)21-24)11-15-5-3-14(10-20)4-6-15/h3-9,13,24H,10-11,20H2,1-2H3,(H,21,23)/p+1/t13-/m1/s1. The second kappa shape index (κ2) is 8.57. The predicted octanol–water partition coefficient (Wildman–Crippen LogP) is 0.961. The smallest absolute Gasteiger partial charge is 0.261 e. The van der Waals surface area contributed by atoms with Crippen LogP contribution in [0.1, 0.15) is 23.6 Å². The van der Waals surface area contributed by atoms with E-state index >= 15 is 0 Å². The molecule has 0 bridgehead atoms. The number of quaternary nitrogens is 1. The molecule has 0 unspecified atom stereocenters. The van der Waals surface area contributed by atoms with Crippen molar-refractivity contribution in [1.82, 2.24) is 9.79 Å². The van der Waals surface area contributed by atoms with Crippen LogP contribution in [0.3, 0.4) is 0 Å². The fourth-order valence-electron chi connectivity index (χ4n) is 2.56. The van der Waals surface area contributed by atoms with Crippen molar-refractivity contribution < 1.29 is 28.5 Å². The van der Waals surface area contributed by atoms with Crippen LogP contribution in [0.2, 0.25) is 0 Å². The second-order valence-corrected chi connectivity index (χ2v) is 8.07. The van der Waals surface area contributed by atoms with Crippen LogP contribution in [-0.4, -0.2) is 29.9 Å². The number of amides is 1. The Hall–Kier alpha value is -2.33. The van der Waals surface area contributed by atoms with E-state index in [0.29, 0.717) is 12.1 Å². The van der Waals surface area contributed by atoms with E-state index in [-0.39, 0.29) is 17.0 Å². The van der Waals surface area contributed by atoms with E-state index in [1.165, 1.54) is 25.4 Å². The van der Waals surface area contributed by atoms with E-state index in [4.69, 9.17) is 5.21 Å². The van der Waals surface area contributed by atoms with Crippen LogP contribution in [-0.2, 0) is 27.9 Å². The zero-order valence-corrected chi connectivity index (χ0v) is 16.0. The van der Waals surface area contributed by atoms with Crippen molar-refractivity contribution in [3.63, 3.8) is 0 Å². The van der Waals surface area contributed by atoms with Crippen molar-refractivity contribution in [3.8, 4) is 0 Å². The third-order valence-electron chi connectivity index (χ3n) is 4.31. The zero-order chi connectivity index (χ0) is 20.2. The molecule has 0 saturated carbocycles. The fourth-order valence-corrected chi connectivity index (χ4v) is 4.23. The minimum absolute atomic E-state index is 0.0925. The van der Waals surface area contributed by atoms with Gasteiger partial charge in [-0.05, 0) is 43.2 Å². The number of nitrogens with zero attached hydrogens (tertiary/aromatic N) is 1. The number of hydrogen-bond acceptors (Lipinski definition) is 4. The van der Waals surface area contributed by atoms with Crippen molar-refractivity contribution in [2.24, 2.45) is 0 Å². The van der Waals surface area contributed by atoms with Gasteiger partial charge in [0.15, 0.2) is 0 Å². The van der Waals surface area contributed by atoms with Crippen LogP contribution in [0.25, 0.3) is 0 Å². The predicted molar refractivity (Wildman–Crippen MR) is 96.3 cm³/mol. The minimum atomic E-state index is -4.13. The van der Waals surface area contributed by atoms with Gasteiger partial charge in [-0.3, -0.25) is 10.0 Å². The Morgan fingerprint density at radius 2 is 1.81 bits per heavy atom. The molecule has 1 amide bonds. The Morgan fingerprint density at radius 3 is 2.33 bits per heavy atom. The molecule has 2 aromatic rings. The maximum atomic E-state index is 13.5. The molecule has 0 aromatic heterocycles. The van der Waals surface area contributed by atoms with Crippen molar-refractivity contribution >= 4 is 15.9 Å². The summed E-state index contributed by atoms with van der Waals surface area (Å²) in [7, 11) is -4.13. The molecule has 0 spiro atoms. The van der Waals surface area contributed by atoms with Gasteiger partial charge in [-0.15, -0.1) is 0 Å². The van der Waals surface area contributed by atoms with E-state index < -0.39 is 27.8 Å². The maximum Gasteiger partial charge on any atom is 0.261 e. The first-order valence-electron chi connectivity index (χ1n) is 8.29. The van der Waals surface area contributed by atoms with Crippen molar-refractivity contribution in [3.05, 3.63) is 65.0 Å². The van der Waals surface area contributed by atoms with Crippen molar-refractivity contribution in [2.45, 2.75) is 37.9 Å². The monoisotopic (exact) mass is 396 g/mol. The van der Waals surface area contributed by atoms with E-state index in [0.717, 1.165) is 22.0 Å². The summed E-state index contributed by atoms with van der Waals surface area (Å²) in [6.45, 7) is 3.33. The molecule has 27 heavy (non-hydrogen) atoms. The van der Waals surface area contributed by atoms with Gasteiger partial charge in [0, 0.05) is 12.1 Å². The highest BCUT2D eigenvalue weighted by Crippen LogP contribution is 2.23. The van der Waals surface area contributed by atoms with Gasteiger partial charge in [0.1, 0.15) is 11.9 Å². The summed E-state index contributed by atoms with van der Waals surface area (Å²) in [4.78, 5) is 11.8. The van der Waals surface area contributed by atoms with E-state index in [9.17, 15) is 17.6 Å². The normalized spacial score (nSPS) is 12.8. The Balaban J connectivity index is 2.46. The summed E-state index contributed by atoms with van der Waals surface area (Å²) < 4.78 is 40.7. The van der Waals surface area contributed by atoms with Gasteiger partial charge in [-0.25, -0.2) is 18.3 Å². The zero-order valence-electron chi connectivity index (χ0n) is 15.1. The molecular weight excluding hydrogens is 373 g/mol. The lowest BCUT2D eigenvalue weighted by Gasteiger charge is -2.27. The lowest BCUT2D eigenvalue weighted by molar-refractivity contribution is -0.386. The molecule has 5 N–H and O–H groups in total. The number of halogens is 1. The quantitative estimate of drug-likeness (QED) is 0.478. The van der Waals surface area contributed by atoms with Gasteiger partial charge in [-0.1, -0.05) is 24.3 Å². The molecule has 7 nitrogen and oxygen atoms in total. The Bertz CT molecular complexity index is 917. The first-order valence-corrected chi connectivity index (χ1v) is 9.73. The number of carbonyl (C=O) groups excluding carboxylic acids is 1. The number of rotatable bonds is 7. The Morgan fingerprint density at radius 1 is 1.22 bits per heavy atom. The van der Waals surface area contributed by atoms with Crippen LogP contribution in [0.5, 0.6) is 0 Å². The number of nitrogens with one attached hydrogen (secondary N) is 1. The third kappa shape index (κ3) is 4.69. The van der Waals surface area contributed by atoms with Crippen LogP contribution < -0.4 is 11.2 Å². The highest BCUT2D eigenvalue weighted by atomic mass is 32.2. The summed E-state index contributed by atoms with van der Waals surface area (Å²) >= 11 is 0. The van der Waals surface area contributed by atoms with Crippen LogP contribution in [0, 0.1) is 12.7 Å². The largest absolute Gasteiger partial charge is 0.354 e.